The van der Waals surface area contributed by atoms with Crippen LogP contribution in [0, 0.1) is 0 Å². The summed E-state index contributed by atoms with van der Waals surface area (Å²) in [6.07, 6.45) is 7.13. The van der Waals surface area contributed by atoms with Gasteiger partial charge in [-0.2, -0.15) is 0 Å². The van der Waals surface area contributed by atoms with Crippen molar-refractivity contribution < 1.29 is 14.6 Å². The highest BCUT2D eigenvalue weighted by atomic mass is 32.2. The summed E-state index contributed by atoms with van der Waals surface area (Å²) in [4.78, 5) is 17.6. The summed E-state index contributed by atoms with van der Waals surface area (Å²) in [7, 11) is 0. The number of nitrogens with zero attached hydrogens (tertiary/aromatic N) is 1. The maximum Gasteiger partial charge on any atom is 0.352 e. The molecule has 0 unspecified atom stereocenters. The molecule has 0 atom stereocenters. The van der Waals surface area contributed by atoms with E-state index >= 15 is 0 Å². The summed E-state index contributed by atoms with van der Waals surface area (Å²) in [5.41, 5.74) is 0.868. The first-order valence-electron chi connectivity index (χ1n) is 8.48. The zero-order valence-corrected chi connectivity index (χ0v) is 15.6. The number of thiophene rings is 1. The number of aromatic hydroxyl groups is 1. The van der Waals surface area contributed by atoms with Gasteiger partial charge in [0, 0.05) is 5.39 Å². The molecule has 2 heterocycles. The molecule has 4 nitrogen and oxygen atoms in total. The lowest BCUT2D eigenvalue weighted by atomic mass is 9.98. The molecular formula is C19H19NO3S2. The minimum absolute atomic E-state index is 0.00316. The van der Waals surface area contributed by atoms with Crippen molar-refractivity contribution in [1.29, 1.82) is 0 Å². The van der Waals surface area contributed by atoms with Crippen LogP contribution in [0.15, 0.2) is 29.3 Å². The molecule has 2 aromatic heterocycles. The monoisotopic (exact) mass is 373 g/mol. The van der Waals surface area contributed by atoms with E-state index < -0.39 is 5.97 Å². The lowest BCUT2D eigenvalue weighted by Crippen LogP contribution is -2.20. The molecule has 0 spiro atoms. The Labute approximate surface area is 154 Å². The van der Waals surface area contributed by atoms with Gasteiger partial charge in [-0.25, -0.2) is 9.78 Å². The third kappa shape index (κ3) is 2.98. The van der Waals surface area contributed by atoms with Crippen molar-refractivity contribution in [3.63, 3.8) is 0 Å². The summed E-state index contributed by atoms with van der Waals surface area (Å²) in [5.74, 6) is -0.412. The van der Waals surface area contributed by atoms with Gasteiger partial charge in [0.1, 0.15) is 11.1 Å². The Bertz CT molecular complexity index is 945. The van der Waals surface area contributed by atoms with Crippen LogP contribution in [0.25, 0.3) is 21.0 Å². The Morgan fingerprint density at radius 2 is 2.04 bits per heavy atom. The third-order valence-corrected chi connectivity index (χ3v) is 6.55. The molecule has 0 radical (unpaired) electrons. The van der Waals surface area contributed by atoms with Gasteiger partial charge in [-0.15, -0.1) is 23.1 Å². The number of aromatic nitrogens is 1. The molecule has 0 saturated heterocycles. The number of rotatable bonds is 3. The Hall–Kier alpha value is -1.79. The van der Waals surface area contributed by atoms with Crippen LogP contribution in [-0.4, -0.2) is 28.4 Å². The first kappa shape index (κ1) is 16.7. The van der Waals surface area contributed by atoms with Crippen molar-refractivity contribution in [2.45, 2.75) is 43.2 Å². The van der Waals surface area contributed by atoms with E-state index in [0.29, 0.717) is 5.39 Å². The molecular weight excluding hydrogens is 354 g/mol. The largest absolute Gasteiger partial charge is 0.505 e. The first-order chi connectivity index (χ1) is 12.2. The van der Waals surface area contributed by atoms with Crippen LogP contribution in [0.4, 0.5) is 0 Å². The van der Waals surface area contributed by atoms with E-state index in [2.05, 4.69) is 4.98 Å². The van der Waals surface area contributed by atoms with Gasteiger partial charge in [0.2, 0.25) is 0 Å². The molecule has 3 aromatic rings. The van der Waals surface area contributed by atoms with E-state index in [1.165, 1.54) is 29.5 Å². The molecule has 1 aliphatic carbocycles. The second-order valence-corrected chi connectivity index (χ2v) is 8.10. The molecule has 1 N–H and O–H groups in total. The standard InChI is InChI=1S/C19H19NO3S2/c1-24-18-14-15(21)17(19(22)23-11-7-3-2-4-8-11)25-16(14)12-9-5-6-10-13(12)20-18/h5-6,9-11,21H,2-4,7-8H2,1H3. The fourth-order valence-corrected chi connectivity index (χ4v) is 5.18. The van der Waals surface area contributed by atoms with Gasteiger partial charge in [-0.05, 0) is 38.0 Å². The highest BCUT2D eigenvalue weighted by molar-refractivity contribution is 7.98. The Balaban J connectivity index is 1.80. The summed E-state index contributed by atoms with van der Waals surface area (Å²) >= 11 is 2.77. The molecule has 130 valence electrons. The summed E-state index contributed by atoms with van der Waals surface area (Å²) in [6, 6.07) is 7.81. The van der Waals surface area contributed by atoms with Crippen molar-refractivity contribution in [3.05, 3.63) is 29.1 Å². The van der Waals surface area contributed by atoms with E-state index in [1.54, 1.807) is 0 Å². The summed E-state index contributed by atoms with van der Waals surface area (Å²) in [6.45, 7) is 0. The maximum absolute atomic E-state index is 12.6. The van der Waals surface area contributed by atoms with Crippen LogP contribution >= 0.6 is 23.1 Å². The van der Waals surface area contributed by atoms with E-state index in [9.17, 15) is 9.90 Å². The van der Waals surface area contributed by atoms with Crippen molar-refractivity contribution in [2.24, 2.45) is 0 Å². The molecule has 0 amide bonds. The number of ether oxygens (including phenoxy) is 1. The van der Waals surface area contributed by atoms with Crippen LogP contribution in [0.1, 0.15) is 41.8 Å². The fourth-order valence-electron chi connectivity index (χ4n) is 3.41. The molecule has 25 heavy (non-hydrogen) atoms. The van der Waals surface area contributed by atoms with Crippen LogP contribution in [0.2, 0.25) is 0 Å². The van der Waals surface area contributed by atoms with Gasteiger partial charge in [0.05, 0.1) is 15.6 Å². The zero-order valence-electron chi connectivity index (χ0n) is 13.9. The number of thioether (sulfide) groups is 1. The van der Waals surface area contributed by atoms with Crippen molar-refractivity contribution >= 4 is 50.1 Å². The van der Waals surface area contributed by atoms with Crippen LogP contribution < -0.4 is 0 Å². The Morgan fingerprint density at radius 3 is 2.80 bits per heavy atom. The number of para-hydroxylation sites is 1. The number of hydrogen-bond acceptors (Lipinski definition) is 6. The highest BCUT2D eigenvalue weighted by Crippen LogP contribution is 2.44. The molecule has 6 heteroatoms. The van der Waals surface area contributed by atoms with Gasteiger partial charge in [-0.3, -0.25) is 0 Å². The second-order valence-electron chi connectivity index (χ2n) is 6.29. The average Bonchev–Trinajstić information content (AvgIpc) is 3.00. The number of fused-ring (bicyclic) bond motifs is 3. The Morgan fingerprint density at radius 1 is 1.28 bits per heavy atom. The number of esters is 1. The molecule has 0 aliphatic heterocycles. The summed E-state index contributed by atoms with van der Waals surface area (Å²) < 4.78 is 6.55. The quantitative estimate of drug-likeness (QED) is 0.494. The van der Waals surface area contributed by atoms with Gasteiger partial charge < -0.3 is 9.84 Å². The molecule has 1 fully saturated rings. The van der Waals surface area contributed by atoms with Crippen molar-refractivity contribution in [3.8, 4) is 5.75 Å². The Kier molecular flexibility index (Phi) is 4.56. The number of benzene rings is 1. The molecule has 1 saturated carbocycles. The lowest BCUT2D eigenvalue weighted by Gasteiger charge is -2.21. The van der Waals surface area contributed by atoms with Crippen molar-refractivity contribution in [1.82, 2.24) is 4.98 Å². The number of pyridine rings is 1. The van der Waals surface area contributed by atoms with Crippen LogP contribution in [0.3, 0.4) is 0 Å². The lowest BCUT2D eigenvalue weighted by molar-refractivity contribution is 0.0214. The topological polar surface area (TPSA) is 59.4 Å². The molecule has 1 aliphatic rings. The van der Waals surface area contributed by atoms with E-state index in [-0.39, 0.29) is 16.7 Å². The number of hydrogen-bond donors (Lipinski definition) is 1. The molecule has 4 rings (SSSR count). The molecule has 1 aromatic carbocycles. The minimum atomic E-state index is -0.415. The van der Waals surface area contributed by atoms with Crippen molar-refractivity contribution in [2.75, 3.05) is 6.26 Å². The smallest absolute Gasteiger partial charge is 0.352 e. The highest BCUT2D eigenvalue weighted by Gasteiger charge is 2.26. The average molecular weight is 373 g/mol. The van der Waals surface area contributed by atoms with E-state index in [4.69, 9.17) is 4.74 Å². The minimum Gasteiger partial charge on any atom is -0.505 e. The van der Waals surface area contributed by atoms with Gasteiger partial charge in [0.15, 0.2) is 10.6 Å². The fraction of sp³-hybridized carbons (Fsp3) is 0.368. The van der Waals surface area contributed by atoms with Gasteiger partial charge in [-0.1, -0.05) is 24.6 Å². The predicted octanol–water partition coefficient (Wildman–Crippen LogP) is 5.37. The van der Waals surface area contributed by atoms with Gasteiger partial charge in [0.25, 0.3) is 0 Å². The predicted molar refractivity (Wildman–Crippen MR) is 103 cm³/mol. The third-order valence-electron chi connectivity index (χ3n) is 4.67. The van der Waals surface area contributed by atoms with Gasteiger partial charge >= 0.3 is 5.97 Å². The normalized spacial score (nSPS) is 15.7. The van der Waals surface area contributed by atoms with E-state index in [0.717, 1.165) is 46.3 Å². The second kappa shape index (κ2) is 6.84. The molecule has 0 bridgehead atoms. The van der Waals surface area contributed by atoms with E-state index in [1.807, 2.05) is 30.5 Å². The number of carbonyl (C=O) groups is 1. The summed E-state index contributed by atoms with van der Waals surface area (Å²) in [5, 5.41) is 13.1. The van der Waals surface area contributed by atoms with Crippen LogP contribution in [0.5, 0.6) is 5.75 Å². The first-order valence-corrected chi connectivity index (χ1v) is 10.5. The van der Waals surface area contributed by atoms with Crippen LogP contribution in [-0.2, 0) is 4.74 Å². The number of carbonyl (C=O) groups excluding carboxylic acids is 1. The zero-order chi connectivity index (χ0) is 17.4. The maximum atomic E-state index is 12.6. The SMILES string of the molecule is CSc1nc2ccccc2c2sc(C(=O)OC3CCCCC3)c(O)c12.